The Hall–Kier alpha value is -1.44. The second kappa shape index (κ2) is 4.87. The topological polar surface area (TPSA) is 12.5 Å². The Kier molecular flexibility index (Phi) is 3.78. The first-order valence-electron chi connectivity index (χ1n) is 5.19. The van der Waals surface area contributed by atoms with Gasteiger partial charge in [-0.1, -0.05) is 19.1 Å². The lowest BCUT2D eigenvalue weighted by atomic mass is 10.1. The summed E-state index contributed by atoms with van der Waals surface area (Å²) in [6.07, 6.45) is 6.96. The highest BCUT2D eigenvalue weighted by molar-refractivity contribution is 5.35. The molecule has 1 aliphatic heterocycles. The summed E-state index contributed by atoms with van der Waals surface area (Å²) in [5.74, 6) is 0.820. The number of allylic oxidation sites excluding steroid dienone is 4. The van der Waals surface area contributed by atoms with Crippen LogP contribution in [0.5, 0.6) is 0 Å². The normalized spacial score (nSPS) is 17.5. The maximum absolute atomic E-state index is 5.24. The minimum Gasteiger partial charge on any atom is -0.495 e. The van der Waals surface area contributed by atoms with Crippen molar-refractivity contribution >= 4 is 0 Å². The molecule has 1 aliphatic rings. The van der Waals surface area contributed by atoms with E-state index < -0.39 is 0 Å². The zero-order chi connectivity index (χ0) is 11.4. The van der Waals surface area contributed by atoms with E-state index in [0.29, 0.717) is 0 Å². The first-order valence-corrected chi connectivity index (χ1v) is 5.19. The Labute approximate surface area is 92.2 Å². The lowest BCUT2D eigenvalue weighted by Gasteiger charge is -2.28. The maximum atomic E-state index is 5.24. The van der Waals surface area contributed by atoms with Crippen LogP contribution in [0.25, 0.3) is 0 Å². The van der Waals surface area contributed by atoms with Gasteiger partial charge in [-0.05, 0) is 32.4 Å². The van der Waals surface area contributed by atoms with Gasteiger partial charge in [-0.2, -0.15) is 0 Å². The third-order valence-electron chi connectivity index (χ3n) is 2.79. The molecule has 82 valence electrons. The van der Waals surface area contributed by atoms with Crippen LogP contribution in [0.1, 0.15) is 27.2 Å². The quantitative estimate of drug-likeness (QED) is 0.698. The van der Waals surface area contributed by atoms with Crippen LogP contribution < -0.4 is 0 Å². The van der Waals surface area contributed by atoms with Crippen LogP contribution in [0.15, 0.2) is 47.7 Å². The number of nitrogens with zero attached hydrogens (tertiary/aromatic N) is 1. The molecular weight excluding hydrogens is 186 g/mol. The summed E-state index contributed by atoms with van der Waals surface area (Å²) in [6.45, 7) is 10.4. The standard InChI is InChI=1S/C13H19NO/c1-6-10(2)11(3)14-9-7-8-13(15-5)12(14)4/h7-9H,4,6H2,1-3,5H3/b11-10+. The van der Waals surface area contributed by atoms with Gasteiger partial charge < -0.3 is 9.64 Å². The van der Waals surface area contributed by atoms with Crippen molar-refractivity contribution in [3.05, 3.63) is 47.7 Å². The summed E-state index contributed by atoms with van der Waals surface area (Å²) in [6, 6.07) is 0. The summed E-state index contributed by atoms with van der Waals surface area (Å²) >= 11 is 0. The van der Waals surface area contributed by atoms with E-state index in [1.54, 1.807) is 7.11 Å². The van der Waals surface area contributed by atoms with Crippen molar-refractivity contribution in [2.45, 2.75) is 27.2 Å². The van der Waals surface area contributed by atoms with Gasteiger partial charge in [0.2, 0.25) is 0 Å². The highest BCUT2D eigenvalue weighted by atomic mass is 16.5. The summed E-state index contributed by atoms with van der Waals surface area (Å²) in [5, 5.41) is 0. The molecule has 0 unspecified atom stereocenters. The van der Waals surface area contributed by atoms with Gasteiger partial charge in [0, 0.05) is 11.9 Å². The molecule has 1 rings (SSSR count). The molecular formula is C13H19NO. The summed E-state index contributed by atoms with van der Waals surface area (Å²) < 4.78 is 5.24. The molecule has 0 N–H and O–H groups in total. The first kappa shape index (κ1) is 11.6. The predicted molar refractivity (Wildman–Crippen MR) is 63.9 cm³/mol. The molecule has 1 heterocycles. The third-order valence-corrected chi connectivity index (χ3v) is 2.79. The molecule has 0 radical (unpaired) electrons. The van der Waals surface area contributed by atoms with E-state index >= 15 is 0 Å². The molecule has 0 aromatic rings. The van der Waals surface area contributed by atoms with Crippen molar-refractivity contribution in [2.24, 2.45) is 0 Å². The smallest absolute Gasteiger partial charge is 0.142 e. The average Bonchev–Trinajstić information content (AvgIpc) is 2.27. The van der Waals surface area contributed by atoms with E-state index in [0.717, 1.165) is 17.9 Å². The molecule has 0 aliphatic carbocycles. The zero-order valence-electron chi connectivity index (χ0n) is 10.0. The fourth-order valence-corrected chi connectivity index (χ4v) is 1.48. The van der Waals surface area contributed by atoms with Crippen molar-refractivity contribution in [2.75, 3.05) is 7.11 Å². The van der Waals surface area contributed by atoms with Crippen LogP contribution >= 0.6 is 0 Å². The second-order valence-electron chi connectivity index (χ2n) is 3.61. The molecule has 0 amide bonds. The molecule has 0 bridgehead atoms. The molecule has 15 heavy (non-hydrogen) atoms. The van der Waals surface area contributed by atoms with Crippen LogP contribution in [0.2, 0.25) is 0 Å². The van der Waals surface area contributed by atoms with Crippen molar-refractivity contribution in [1.29, 1.82) is 0 Å². The van der Waals surface area contributed by atoms with Crippen molar-refractivity contribution < 1.29 is 4.74 Å². The Morgan fingerprint density at radius 3 is 2.67 bits per heavy atom. The first-order chi connectivity index (χ1) is 7.11. The van der Waals surface area contributed by atoms with Gasteiger partial charge in [-0.15, -0.1) is 0 Å². The van der Waals surface area contributed by atoms with E-state index in [1.807, 2.05) is 18.4 Å². The van der Waals surface area contributed by atoms with Gasteiger partial charge >= 0.3 is 0 Å². The van der Waals surface area contributed by atoms with Crippen LogP contribution in [0, 0.1) is 0 Å². The van der Waals surface area contributed by atoms with E-state index in [4.69, 9.17) is 4.74 Å². The Bertz CT molecular complexity index is 348. The van der Waals surface area contributed by atoms with Gasteiger partial charge in [-0.25, -0.2) is 0 Å². The number of hydrogen-bond acceptors (Lipinski definition) is 2. The number of methoxy groups -OCH3 is 1. The van der Waals surface area contributed by atoms with E-state index in [2.05, 4.69) is 32.3 Å². The van der Waals surface area contributed by atoms with Gasteiger partial charge in [-0.3, -0.25) is 0 Å². The number of rotatable bonds is 3. The third kappa shape index (κ3) is 2.32. The monoisotopic (exact) mass is 205 g/mol. The lowest BCUT2D eigenvalue weighted by Crippen LogP contribution is -2.19. The van der Waals surface area contributed by atoms with Gasteiger partial charge in [0.05, 0.1) is 12.8 Å². The molecule has 0 spiro atoms. The highest BCUT2D eigenvalue weighted by Crippen LogP contribution is 2.25. The minimum absolute atomic E-state index is 0.820. The minimum atomic E-state index is 0.820. The fourth-order valence-electron chi connectivity index (χ4n) is 1.48. The molecule has 2 heteroatoms. The molecule has 0 aromatic heterocycles. The van der Waals surface area contributed by atoms with Crippen LogP contribution in [0.4, 0.5) is 0 Å². The molecule has 0 atom stereocenters. The van der Waals surface area contributed by atoms with Crippen molar-refractivity contribution in [3.8, 4) is 0 Å². The summed E-state index contributed by atoms with van der Waals surface area (Å²) in [7, 11) is 1.67. The Morgan fingerprint density at radius 1 is 1.47 bits per heavy atom. The fraction of sp³-hybridized carbons (Fsp3) is 0.385. The Balaban J connectivity index is 2.97. The number of hydrogen-bond donors (Lipinski definition) is 0. The lowest BCUT2D eigenvalue weighted by molar-refractivity contribution is 0.282. The molecule has 0 aromatic carbocycles. The largest absolute Gasteiger partial charge is 0.495 e. The predicted octanol–water partition coefficient (Wildman–Crippen LogP) is 3.56. The van der Waals surface area contributed by atoms with E-state index in [1.165, 1.54) is 11.3 Å². The van der Waals surface area contributed by atoms with Crippen molar-refractivity contribution in [1.82, 2.24) is 4.90 Å². The molecule has 0 fully saturated rings. The molecule has 0 saturated heterocycles. The number of ether oxygens (including phenoxy) is 1. The molecule has 2 nitrogen and oxygen atoms in total. The zero-order valence-corrected chi connectivity index (χ0v) is 10.0. The second-order valence-corrected chi connectivity index (χ2v) is 3.61. The van der Waals surface area contributed by atoms with Crippen LogP contribution in [-0.2, 0) is 4.74 Å². The van der Waals surface area contributed by atoms with Gasteiger partial charge in [0.25, 0.3) is 0 Å². The Morgan fingerprint density at radius 2 is 2.13 bits per heavy atom. The maximum Gasteiger partial charge on any atom is 0.142 e. The van der Waals surface area contributed by atoms with Gasteiger partial charge in [0.15, 0.2) is 0 Å². The van der Waals surface area contributed by atoms with Crippen molar-refractivity contribution in [3.63, 3.8) is 0 Å². The summed E-state index contributed by atoms with van der Waals surface area (Å²) in [4.78, 5) is 2.07. The van der Waals surface area contributed by atoms with Crippen LogP contribution in [0.3, 0.4) is 0 Å². The average molecular weight is 205 g/mol. The molecule has 0 saturated carbocycles. The highest BCUT2D eigenvalue weighted by Gasteiger charge is 2.15. The SMILES string of the molecule is C=C1C(OC)=CC=CN1/C(C)=C(\C)CC. The van der Waals surface area contributed by atoms with E-state index in [9.17, 15) is 0 Å². The van der Waals surface area contributed by atoms with E-state index in [-0.39, 0.29) is 0 Å². The van der Waals surface area contributed by atoms with Gasteiger partial charge in [0.1, 0.15) is 5.76 Å². The summed E-state index contributed by atoms with van der Waals surface area (Å²) in [5.41, 5.74) is 3.48. The van der Waals surface area contributed by atoms with Crippen LogP contribution in [-0.4, -0.2) is 12.0 Å².